The predicted molar refractivity (Wildman–Crippen MR) is 55.8 cm³/mol. The first-order valence-corrected chi connectivity index (χ1v) is 5.16. The molecule has 0 unspecified atom stereocenters. The summed E-state index contributed by atoms with van der Waals surface area (Å²) in [4.78, 5) is 0. The molecule has 98 valence electrons. The van der Waals surface area contributed by atoms with E-state index in [0.717, 1.165) is 5.57 Å². The summed E-state index contributed by atoms with van der Waals surface area (Å²) in [6, 6.07) is 0. The Hall–Kier alpha value is -1.37. The number of alkyl halides is 3. The van der Waals surface area contributed by atoms with Crippen molar-refractivity contribution in [3.63, 3.8) is 0 Å². The van der Waals surface area contributed by atoms with Crippen LogP contribution >= 0.6 is 0 Å². The zero-order valence-corrected chi connectivity index (χ0v) is 9.43. The standard InChI is InChI=1S/C10H15F3N2O2/c1-2-16-8-3-7(4-14)5-15-9(8)17-6-10(11,12)13/h3,15H,2,4-6,14H2,1H3. The third-order valence-electron chi connectivity index (χ3n) is 1.98. The van der Waals surface area contributed by atoms with Crippen molar-refractivity contribution in [1.29, 1.82) is 0 Å². The van der Waals surface area contributed by atoms with Crippen molar-refractivity contribution in [2.45, 2.75) is 13.1 Å². The number of allylic oxidation sites excluding steroid dienone is 1. The van der Waals surface area contributed by atoms with E-state index in [1.165, 1.54) is 0 Å². The van der Waals surface area contributed by atoms with E-state index in [2.05, 4.69) is 10.1 Å². The van der Waals surface area contributed by atoms with E-state index in [1.807, 2.05) is 0 Å². The molecule has 0 aromatic carbocycles. The lowest BCUT2D eigenvalue weighted by Gasteiger charge is -2.22. The van der Waals surface area contributed by atoms with Gasteiger partial charge >= 0.3 is 6.18 Å². The Balaban J connectivity index is 2.73. The molecule has 1 heterocycles. The molecule has 1 rings (SSSR count). The van der Waals surface area contributed by atoms with Gasteiger partial charge in [-0.3, -0.25) is 0 Å². The first-order valence-electron chi connectivity index (χ1n) is 5.16. The van der Waals surface area contributed by atoms with Crippen LogP contribution in [-0.4, -0.2) is 32.5 Å². The lowest BCUT2D eigenvalue weighted by atomic mass is 10.2. The molecule has 0 saturated carbocycles. The van der Waals surface area contributed by atoms with Crippen LogP contribution in [0.2, 0.25) is 0 Å². The predicted octanol–water partition coefficient (Wildman–Crippen LogP) is 1.26. The largest absolute Gasteiger partial charge is 0.488 e. The summed E-state index contributed by atoms with van der Waals surface area (Å²) in [5.74, 6) is 0.254. The molecule has 7 heteroatoms. The average Bonchev–Trinajstić information content (AvgIpc) is 2.26. The van der Waals surface area contributed by atoms with E-state index in [1.54, 1.807) is 13.0 Å². The highest BCUT2D eigenvalue weighted by Gasteiger charge is 2.30. The number of halogens is 3. The Bertz CT molecular complexity index is 324. The van der Waals surface area contributed by atoms with Gasteiger partial charge in [0, 0.05) is 13.1 Å². The van der Waals surface area contributed by atoms with Crippen molar-refractivity contribution in [2.75, 3.05) is 26.3 Å². The van der Waals surface area contributed by atoms with Gasteiger partial charge in [0.15, 0.2) is 12.4 Å². The molecule has 0 amide bonds. The van der Waals surface area contributed by atoms with Gasteiger partial charge in [-0.25, -0.2) is 0 Å². The summed E-state index contributed by atoms with van der Waals surface area (Å²) in [7, 11) is 0. The van der Waals surface area contributed by atoms with Crippen molar-refractivity contribution in [3.05, 3.63) is 23.3 Å². The molecule has 0 saturated heterocycles. The molecule has 0 fully saturated rings. The van der Waals surface area contributed by atoms with E-state index in [9.17, 15) is 13.2 Å². The first-order chi connectivity index (χ1) is 7.96. The van der Waals surface area contributed by atoms with Crippen molar-refractivity contribution in [2.24, 2.45) is 5.73 Å². The Labute approximate surface area is 97.3 Å². The molecule has 3 N–H and O–H groups in total. The molecule has 0 aliphatic carbocycles. The van der Waals surface area contributed by atoms with Crippen LogP contribution in [0, 0.1) is 0 Å². The second-order valence-electron chi connectivity index (χ2n) is 3.39. The minimum Gasteiger partial charge on any atom is -0.488 e. The van der Waals surface area contributed by atoms with Gasteiger partial charge in [0.05, 0.1) is 6.61 Å². The molecule has 0 spiro atoms. The van der Waals surface area contributed by atoms with Crippen molar-refractivity contribution < 1.29 is 22.6 Å². The maximum atomic E-state index is 12.0. The van der Waals surface area contributed by atoms with Crippen LogP contribution in [0.15, 0.2) is 23.3 Å². The number of hydrogen-bond acceptors (Lipinski definition) is 4. The van der Waals surface area contributed by atoms with E-state index >= 15 is 0 Å². The van der Waals surface area contributed by atoms with Gasteiger partial charge in [0.25, 0.3) is 0 Å². The first kappa shape index (κ1) is 13.7. The van der Waals surface area contributed by atoms with E-state index < -0.39 is 12.8 Å². The molecule has 0 aromatic heterocycles. The van der Waals surface area contributed by atoms with Crippen molar-refractivity contribution in [1.82, 2.24) is 5.32 Å². The van der Waals surface area contributed by atoms with Gasteiger partial charge in [-0.15, -0.1) is 0 Å². The fraction of sp³-hybridized carbons (Fsp3) is 0.600. The molecule has 1 aliphatic rings. The monoisotopic (exact) mass is 252 g/mol. The van der Waals surface area contributed by atoms with Crippen molar-refractivity contribution >= 4 is 0 Å². The average molecular weight is 252 g/mol. The third-order valence-corrected chi connectivity index (χ3v) is 1.98. The maximum absolute atomic E-state index is 12.0. The van der Waals surface area contributed by atoms with Crippen LogP contribution in [0.4, 0.5) is 13.2 Å². The summed E-state index contributed by atoms with van der Waals surface area (Å²) in [5, 5.41) is 2.71. The fourth-order valence-corrected chi connectivity index (χ4v) is 1.25. The highest BCUT2D eigenvalue weighted by molar-refractivity contribution is 5.27. The zero-order valence-electron chi connectivity index (χ0n) is 9.43. The van der Waals surface area contributed by atoms with Gasteiger partial charge < -0.3 is 20.5 Å². The van der Waals surface area contributed by atoms with Gasteiger partial charge in [-0.05, 0) is 18.6 Å². The van der Waals surface area contributed by atoms with Gasteiger partial charge in [0.2, 0.25) is 5.88 Å². The summed E-state index contributed by atoms with van der Waals surface area (Å²) in [6.07, 6.45) is -2.77. The van der Waals surface area contributed by atoms with E-state index in [0.29, 0.717) is 19.7 Å². The van der Waals surface area contributed by atoms with Gasteiger partial charge in [-0.2, -0.15) is 13.2 Å². The lowest BCUT2D eigenvalue weighted by molar-refractivity contribution is -0.167. The Morgan fingerprint density at radius 2 is 2.12 bits per heavy atom. The SMILES string of the molecule is CCOC1=C(OCC(F)(F)F)NCC(CN)=C1. The topological polar surface area (TPSA) is 56.5 Å². The molecule has 17 heavy (non-hydrogen) atoms. The number of nitrogens with one attached hydrogen (secondary N) is 1. The highest BCUT2D eigenvalue weighted by Crippen LogP contribution is 2.20. The van der Waals surface area contributed by atoms with Gasteiger partial charge in [0.1, 0.15) is 0 Å². The molecular formula is C10H15F3N2O2. The quantitative estimate of drug-likeness (QED) is 0.773. The summed E-state index contributed by atoms with van der Waals surface area (Å²) >= 11 is 0. The van der Waals surface area contributed by atoms with Crippen LogP contribution in [-0.2, 0) is 9.47 Å². The molecule has 0 atom stereocenters. The van der Waals surface area contributed by atoms with Crippen molar-refractivity contribution in [3.8, 4) is 0 Å². The minimum absolute atomic E-state index is 0.00127. The Morgan fingerprint density at radius 3 is 2.65 bits per heavy atom. The zero-order chi connectivity index (χ0) is 12.9. The number of hydrogen-bond donors (Lipinski definition) is 2. The van der Waals surface area contributed by atoms with E-state index in [4.69, 9.17) is 10.5 Å². The summed E-state index contributed by atoms with van der Waals surface area (Å²) < 4.78 is 45.9. The number of dihydropyridines is 1. The van der Waals surface area contributed by atoms with Crippen LogP contribution in [0.3, 0.4) is 0 Å². The number of rotatable bonds is 5. The molecule has 0 aromatic rings. The number of nitrogens with two attached hydrogens (primary N) is 1. The van der Waals surface area contributed by atoms with Crippen LogP contribution in [0.5, 0.6) is 0 Å². The molecule has 0 radical (unpaired) electrons. The third kappa shape index (κ3) is 4.56. The van der Waals surface area contributed by atoms with Crippen LogP contribution in [0.25, 0.3) is 0 Å². The Kier molecular flexibility index (Phi) is 4.68. The molecular weight excluding hydrogens is 237 g/mol. The maximum Gasteiger partial charge on any atom is 0.422 e. The lowest BCUT2D eigenvalue weighted by Crippen LogP contribution is -2.30. The second-order valence-corrected chi connectivity index (χ2v) is 3.39. The minimum atomic E-state index is -4.37. The highest BCUT2D eigenvalue weighted by atomic mass is 19.4. The molecule has 1 aliphatic heterocycles. The normalized spacial score (nSPS) is 16.4. The van der Waals surface area contributed by atoms with Gasteiger partial charge in [-0.1, -0.05) is 0 Å². The summed E-state index contributed by atoms with van der Waals surface area (Å²) in [5.41, 5.74) is 6.28. The molecule has 4 nitrogen and oxygen atoms in total. The molecule has 0 bridgehead atoms. The van der Waals surface area contributed by atoms with Crippen LogP contribution in [0.1, 0.15) is 6.92 Å². The smallest absolute Gasteiger partial charge is 0.422 e. The second kappa shape index (κ2) is 5.81. The van der Waals surface area contributed by atoms with E-state index in [-0.39, 0.29) is 11.6 Å². The number of ether oxygens (including phenoxy) is 2. The summed E-state index contributed by atoms with van der Waals surface area (Å²) in [6.45, 7) is 1.40. The fourth-order valence-electron chi connectivity index (χ4n) is 1.25. The Morgan fingerprint density at radius 1 is 1.41 bits per heavy atom. The van der Waals surface area contributed by atoms with Crippen LogP contribution < -0.4 is 11.1 Å².